The zero-order valence-corrected chi connectivity index (χ0v) is 12.6. The molecule has 1 atom stereocenters. The molecule has 0 aliphatic heterocycles. The Balaban J connectivity index is 3.04. The number of carbonyl (C=O) groups excluding carboxylic acids is 1. The second-order valence-corrected chi connectivity index (χ2v) is 5.23. The van der Waals surface area contributed by atoms with Gasteiger partial charge in [0.05, 0.1) is 0 Å². The highest BCUT2D eigenvalue weighted by Crippen LogP contribution is 2.32. The summed E-state index contributed by atoms with van der Waals surface area (Å²) in [6.07, 6.45) is 2.05. The molecule has 1 N–H and O–H groups in total. The van der Waals surface area contributed by atoms with Crippen molar-refractivity contribution in [3.63, 3.8) is 0 Å². The fourth-order valence-electron chi connectivity index (χ4n) is 2.53. The van der Waals surface area contributed by atoms with Gasteiger partial charge in [0, 0.05) is 25.9 Å². The van der Waals surface area contributed by atoms with Gasteiger partial charge in [-0.25, -0.2) is 0 Å². The van der Waals surface area contributed by atoms with Gasteiger partial charge in [-0.1, -0.05) is 37.3 Å². The second-order valence-electron chi connectivity index (χ2n) is 5.23. The maximum atomic E-state index is 11.6. The summed E-state index contributed by atoms with van der Waals surface area (Å²) in [5, 5.41) is 3.23. The molecule has 0 aromatic heterocycles. The maximum absolute atomic E-state index is 11.6. The first-order valence-corrected chi connectivity index (χ1v) is 6.97. The van der Waals surface area contributed by atoms with Gasteiger partial charge in [0.15, 0.2) is 0 Å². The van der Waals surface area contributed by atoms with Crippen LogP contribution in [0.25, 0.3) is 0 Å². The van der Waals surface area contributed by atoms with E-state index in [0.717, 1.165) is 25.9 Å². The number of carbonyl (C=O) groups is 1. The van der Waals surface area contributed by atoms with E-state index in [0.29, 0.717) is 0 Å². The lowest BCUT2D eigenvalue weighted by atomic mass is 9.75. The van der Waals surface area contributed by atoms with E-state index < -0.39 is 0 Å². The molecule has 1 aromatic carbocycles. The topological polar surface area (TPSA) is 32.3 Å². The van der Waals surface area contributed by atoms with Gasteiger partial charge in [0.1, 0.15) is 0 Å². The van der Waals surface area contributed by atoms with Crippen LogP contribution in [-0.2, 0) is 10.2 Å². The van der Waals surface area contributed by atoms with E-state index in [9.17, 15) is 4.79 Å². The third kappa shape index (κ3) is 4.06. The second kappa shape index (κ2) is 7.29. The summed E-state index contributed by atoms with van der Waals surface area (Å²) in [6.45, 7) is 5.55. The first kappa shape index (κ1) is 15.7. The minimum Gasteiger partial charge on any atom is -0.345 e. The van der Waals surface area contributed by atoms with Gasteiger partial charge in [-0.3, -0.25) is 4.79 Å². The van der Waals surface area contributed by atoms with Gasteiger partial charge in [-0.15, -0.1) is 0 Å². The van der Waals surface area contributed by atoms with Gasteiger partial charge in [0.25, 0.3) is 0 Å². The molecule has 1 aromatic rings. The number of rotatable bonds is 7. The van der Waals surface area contributed by atoms with E-state index in [-0.39, 0.29) is 11.3 Å². The van der Waals surface area contributed by atoms with Crippen LogP contribution in [0.15, 0.2) is 30.3 Å². The van der Waals surface area contributed by atoms with Crippen LogP contribution >= 0.6 is 0 Å². The molecule has 0 aliphatic carbocycles. The smallest absolute Gasteiger partial charge is 0.219 e. The molecule has 3 nitrogen and oxygen atoms in total. The molecule has 3 heteroatoms. The molecule has 0 fully saturated rings. The van der Waals surface area contributed by atoms with Crippen molar-refractivity contribution >= 4 is 5.91 Å². The van der Waals surface area contributed by atoms with E-state index in [1.165, 1.54) is 5.56 Å². The molecule has 0 saturated carbocycles. The Morgan fingerprint density at radius 2 is 1.95 bits per heavy atom. The molecule has 0 bridgehead atoms. The summed E-state index contributed by atoms with van der Waals surface area (Å²) < 4.78 is 0. The zero-order chi connectivity index (χ0) is 14.3. The molecule has 1 rings (SSSR count). The normalized spacial score (nSPS) is 13.9. The van der Waals surface area contributed by atoms with E-state index in [1.54, 1.807) is 6.92 Å². The highest BCUT2D eigenvalue weighted by Gasteiger charge is 2.31. The first-order valence-electron chi connectivity index (χ1n) is 6.97. The van der Waals surface area contributed by atoms with E-state index in [4.69, 9.17) is 0 Å². The summed E-state index contributed by atoms with van der Waals surface area (Å²) in [6, 6.07) is 10.5. The summed E-state index contributed by atoms with van der Waals surface area (Å²) in [5.74, 6) is 0.123. The summed E-state index contributed by atoms with van der Waals surface area (Å²) in [7, 11) is 3.86. The van der Waals surface area contributed by atoms with Crippen LogP contribution in [0.4, 0.5) is 0 Å². The highest BCUT2D eigenvalue weighted by atomic mass is 16.2. The Labute approximate surface area is 117 Å². The van der Waals surface area contributed by atoms with Gasteiger partial charge >= 0.3 is 0 Å². The zero-order valence-electron chi connectivity index (χ0n) is 12.6. The molecule has 0 saturated heterocycles. The lowest BCUT2D eigenvalue weighted by Crippen LogP contribution is -2.42. The number of amides is 1. The molecule has 1 unspecified atom stereocenters. The van der Waals surface area contributed by atoms with Crippen LogP contribution in [-0.4, -0.2) is 38.0 Å². The van der Waals surface area contributed by atoms with Crippen molar-refractivity contribution in [1.29, 1.82) is 0 Å². The molecule has 19 heavy (non-hydrogen) atoms. The molecule has 0 heterocycles. The van der Waals surface area contributed by atoms with Gasteiger partial charge in [0.2, 0.25) is 5.91 Å². The minimum atomic E-state index is 0.0324. The summed E-state index contributed by atoms with van der Waals surface area (Å²) >= 11 is 0. The van der Waals surface area contributed by atoms with Gasteiger partial charge in [-0.2, -0.15) is 0 Å². The van der Waals surface area contributed by atoms with Gasteiger partial charge in [-0.05, 0) is 32.0 Å². The minimum absolute atomic E-state index is 0.0324. The summed E-state index contributed by atoms with van der Waals surface area (Å²) in [4.78, 5) is 13.4. The number of nitrogens with zero attached hydrogens (tertiary/aromatic N) is 1. The predicted molar refractivity (Wildman–Crippen MR) is 80.3 cm³/mol. The van der Waals surface area contributed by atoms with Crippen molar-refractivity contribution in [2.24, 2.45) is 0 Å². The largest absolute Gasteiger partial charge is 0.345 e. The van der Waals surface area contributed by atoms with Crippen LogP contribution in [0.2, 0.25) is 0 Å². The third-order valence-corrected chi connectivity index (χ3v) is 3.99. The molecule has 0 aliphatic rings. The Morgan fingerprint density at radius 3 is 2.42 bits per heavy atom. The predicted octanol–water partition coefficient (Wildman–Crippen LogP) is 2.42. The SMILES string of the molecule is CCC(CCNC)(CN(C)C(C)=O)c1ccccc1. The molecular formula is C16H26N2O. The number of hydrogen-bond acceptors (Lipinski definition) is 2. The number of likely N-dealkylation sites (N-methyl/N-ethyl adjacent to an activating group) is 1. The Hall–Kier alpha value is -1.35. The quantitative estimate of drug-likeness (QED) is 0.818. The van der Waals surface area contributed by atoms with E-state index in [1.807, 2.05) is 25.1 Å². The molecule has 0 spiro atoms. The van der Waals surface area contributed by atoms with Crippen molar-refractivity contribution in [3.05, 3.63) is 35.9 Å². The Kier molecular flexibility index (Phi) is 6.03. The fraction of sp³-hybridized carbons (Fsp3) is 0.562. The van der Waals surface area contributed by atoms with Crippen molar-refractivity contribution in [2.45, 2.75) is 32.1 Å². The van der Waals surface area contributed by atoms with Crippen molar-refractivity contribution < 1.29 is 4.79 Å². The van der Waals surface area contributed by atoms with Gasteiger partial charge < -0.3 is 10.2 Å². The van der Waals surface area contributed by atoms with Crippen LogP contribution in [0.5, 0.6) is 0 Å². The Bertz CT molecular complexity index is 391. The maximum Gasteiger partial charge on any atom is 0.219 e. The number of benzene rings is 1. The van der Waals surface area contributed by atoms with Crippen LogP contribution < -0.4 is 5.32 Å². The Morgan fingerprint density at radius 1 is 1.32 bits per heavy atom. The van der Waals surface area contributed by atoms with Crippen LogP contribution in [0.3, 0.4) is 0 Å². The average Bonchev–Trinajstić information content (AvgIpc) is 2.44. The molecule has 106 valence electrons. The molecule has 0 radical (unpaired) electrons. The lowest BCUT2D eigenvalue weighted by molar-refractivity contribution is -0.128. The fourth-order valence-corrected chi connectivity index (χ4v) is 2.53. The van der Waals surface area contributed by atoms with E-state index >= 15 is 0 Å². The third-order valence-electron chi connectivity index (χ3n) is 3.99. The molecule has 1 amide bonds. The lowest BCUT2D eigenvalue weighted by Gasteiger charge is -2.37. The highest BCUT2D eigenvalue weighted by molar-refractivity contribution is 5.73. The number of nitrogens with one attached hydrogen (secondary N) is 1. The monoisotopic (exact) mass is 262 g/mol. The van der Waals surface area contributed by atoms with Crippen LogP contribution in [0.1, 0.15) is 32.3 Å². The average molecular weight is 262 g/mol. The van der Waals surface area contributed by atoms with Crippen molar-refractivity contribution in [3.8, 4) is 0 Å². The molecular weight excluding hydrogens is 236 g/mol. The van der Waals surface area contributed by atoms with Crippen molar-refractivity contribution in [1.82, 2.24) is 10.2 Å². The van der Waals surface area contributed by atoms with Crippen LogP contribution in [0, 0.1) is 0 Å². The standard InChI is InChI=1S/C16H26N2O/c1-5-16(11-12-17-3,13-18(4)14(2)19)15-9-7-6-8-10-15/h6-10,17H,5,11-13H2,1-4H3. The number of hydrogen-bond donors (Lipinski definition) is 1. The first-order chi connectivity index (χ1) is 9.05. The summed E-state index contributed by atoms with van der Waals surface area (Å²) in [5.41, 5.74) is 1.35. The van der Waals surface area contributed by atoms with Crippen molar-refractivity contribution in [2.75, 3.05) is 27.2 Å². The van der Waals surface area contributed by atoms with E-state index in [2.05, 4.69) is 36.5 Å².